The molecule has 0 amide bonds. The third-order valence-electron chi connectivity index (χ3n) is 1.31. The number of hydrogen-bond acceptors (Lipinski definition) is 1. The minimum absolute atomic E-state index is 0. The maximum absolute atomic E-state index is 5.45. The van der Waals surface area contributed by atoms with Crippen molar-refractivity contribution in [3.8, 4) is 0 Å². The molecule has 0 aliphatic heterocycles. The van der Waals surface area contributed by atoms with Crippen LogP contribution in [0.1, 0.15) is 0 Å². The molecule has 7 heteroatoms. The fourth-order valence-electron chi connectivity index (χ4n) is 0.805. The zero-order valence-corrected chi connectivity index (χ0v) is 10.6. The van der Waals surface area contributed by atoms with Crippen LogP contribution in [0.2, 0.25) is 0 Å². The van der Waals surface area contributed by atoms with E-state index < -0.39 is 0 Å². The highest BCUT2D eigenvalue weighted by Crippen LogP contribution is 2.13. The van der Waals surface area contributed by atoms with E-state index in [1.165, 1.54) is 0 Å². The molecule has 0 fully saturated rings. The van der Waals surface area contributed by atoms with Gasteiger partial charge in [0.25, 0.3) is 0 Å². The molecule has 0 aliphatic carbocycles. The van der Waals surface area contributed by atoms with Gasteiger partial charge in [0, 0.05) is 3.57 Å². The molecule has 0 aromatic heterocycles. The summed E-state index contributed by atoms with van der Waals surface area (Å²) in [6, 6.07) is 7.50. The van der Waals surface area contributed by atoms with Gasteiger partial charge in [-0.2, -0.15) is 4.99 Å². The van der Waals surface area contributed by atoms with Crippen LogP contribution >= 0.6 is 22.6 Å². The van der Waals surface area contributed by atoms with E-state index in [0.29, 0.717) is 5.69 Å². The van der Waals surface area contributed by atoms with Crippen LogP contribution in [0.5, 0.6) is 0 Å². The van der Waals surface area contributed by atoms with Gasteiger partial charge in [-0.1, -0.05) is 0 Å². The van der Waals surface area contributed by atoms with Gasteiger partial charge in [-0.15, -0.1) is 0 Å². The van der Waals surface area contributed by atoms with Crippen molar-refractivity contribution in [2.24, 2.45) is 27.2 Å². The SMILES string of the molecule is NC(N)=NC(N)=Nc1ccc(I)cc1.[Cl-]. The van der Waals surface area contributed by atoms with Crippen molar-refractivity contribution in [2.45, 2.75) is 0 Å². The number of guanidine groups is 2. The fourth-order valence-corrected chi connectivity index (χ4v) is 1.16. The number of benzene rings is 1. The Labute approximate surface area is 107 Å². The van der Waals surface area contributed by atoms with Crippen molar-refractivity contribution >= 4 is 40.2 Å². The van der Waals surface area contributed by atoms with E-state index >= 15 is 0 Å². The maximum Gasteiger partial charge on any atom is 0.223 e. The lowest BCUT2D eigenvalue weighted by molar-refractivity contribution is -0.00000330. The normalized spacial score (nSPS) is 10.3. The summed E-state index contributed by atoms with van der Waals surface area (Å²) in [5, 5.41) is 0. The van der Waals surface area contributed by atoms with Crippen LogP contribution < -0.4 is 29.6 Å². The van der Waals surface area contributed by atoms with Gasteiger partial charge in [-0.25, -0.2) is 4.99 Å². The van der Waals surface area contributed by atoms with Gasteiger partial charge in [0.05, 0.1) is 5.69 Å². The monoisotopic (exact) mass is 338 g/mol. The van der Waals surface area contributed by atoms with Gasteiger partial charge >= 0.3 is 0 Å². The molecule has 82 valence electrons. The molecule has 0 saturated carbocycles. The minimum Gasteiger partial charge on any atom is -1.00 e. The van der Waals surface area contributed by atoms with Crippen molar-refractivity contribution in [2.75, 3.05) is 0 Å². The zero-order valence-electron chi connectivity index (χ0n) is 7.69. The second-order valence-corrected chi connectivity index (χ2v) is 3.73. The molecule has 1 aromatic carbocycles. The Bertz CT molecular complexity index is 369. The molecule has 0 radical (unpaired) electrons. The molecular weight excluding hydrogens is 328 g/mol. The second kappa shape index (κ2) is 6.46. The predicted molar refractivity (Wildman–Crippen MR) is 66.3 cm³/mol. The molecule has 0 spiro atoms. The number of nitrogens with zero attached hydrogens (tertiary/aromatic N) is 2. The summed E-state index contributed by atoms with van der Waals surface area (Å²) in [7, 11) is 0. The first kappa shape index (κ1) is 14.0. The topological polar surface area (TPSA) is 103 Å². The van der Waals surface area contributed by atoms with Gasteiger partial charge in [0.2, 0.25) is 5.96 Å². The van der Waals surface area contributed by atoms with Crippen molar-refractivity contribution < 1.29 is 12.4 Å². The third kappa shape index (κ3) is 5.43. The molecule has 0 aliphatic rings. The van der Waals surface area contributed by atoms with Gasteiger partial charge in [-0.05, 0) is 46.9 Å². The van der Waals surface area contributed by atoms with Gasteiger partial charge < -0.3 is 29.6 Å². The maximum atomic E-state index is 5.45. The van der Waals surface area contributed by atoms with Crippen LogP contribution in [0.15, 0.2) is 34.3 Å². The highest BCUT2D eigenvalue weighted by Gasteiger charge is 1.92. The molecule has 0 heterocycles. The lowest BCUT2D eigenvalue weighted by Crippen LogP contribution is -3.00. The lowest BCUT2D eigenvalue weighted by atomic mass is 10.3. The van der Waals surface area contributed by atoms with Crippen molar-refractivity contribution in [1.82, 2.24) is 0 Å². The lowest BCUT2D eigenvalue weighted by Gasteiger charge is -1.95. The van der Waals surface area contributed by atoms with E-state index in [1.807, 2.05) is 24.3 Å². The number of nitrogens with two attached hydrogens (primary N) is 3. The molecule has 6 N–H and O–H groups in total. The minimum atomic E-state index is -0.100. The average Bonchev–Trinajstić information content (AvgIpc) is 2.07. The Balaban J connectivity index is 0.00000196. The van der Waals surface area contributed by atoms with Crippen LogP contribution in [-0.4, -0.2) is 11.9 Å². The van der Waals surface area contributed by atoms with Crippen LogP contribution in [0, 0.1) is 3.57 Å². The van der Waals surface area contributed by atoms with Crippen LogP contribution in [0.25, 0.3) is 0 Å². The van der Waals surface area contributed by atoms with Gasteiger partial charge in [0.1, 0.15) is 0 Å². The van der Waals surface area contributed by atoms with Gasteiger partial charge in [0.15, 0.2) is 5.96 Å². The van der Waals surface area contributed by atoms with Crippen LogP contribution in [0.3, 0.4) is 0 Å². The van der Waals surface area contributed by atoms with E-state index in [1.54, 1.807) is 0 Å². The average molecular weight is 339 g/mol. The first-order valence-corrected chi connectivity index (χ1v) is 4.85. The Morgan fingerprint density at radius 1 is 1.07 bits per heavy atom. The van der Waals surface area contributed by atoms with Crippen molar-refractivity contribution in [3.05, 3.63) is 27.8 Å². The van der Waals surface area contributed by atoms with E-state index in [-0.39, 0.29) is 24.3 Å². The largest absolute Gasteiger partial charge is 1.00 e. The quantitative estimate of drug-likeness (QED) is 0.300. The molecular formula is C8H10ClIN5-. The molecule has 0 atom stereocenters. The molecule has 1 rings (SSSR count). The van der Waals surface area contributed by atoms with Gasteiger partial charge in [-0.3, -0.25) is 0 Å². The first-order chi connectivity index (χ1) is 6.58. The summed E-state index contributed by atoms with van der Waals surface area (Å²) in [6.07, 6.45) is 0. The van der Waals surface area contributed by atoms with Crippen LogP contribution in [-0.2, 0) is 0 Å². The second-order valence-electron chi connectivity index (χ2n) is 2.48. The van der Waals surface area contributed by atoms with Crippen molar-refractivity contribution in [1.29, 1.82) is 0 Å². The summed E-state index contributed by atoms with van der Waals surface area (Å²) in [5.41, 5.74) is 16.4. The standard InChI is InChI=1S/C8H10IN5.ClH/c9-5-1-3-6(4-2-5)13-8(12)14-7(10)11;/h1-4H,(H6,10,11,12,13,14);1H/p-1. The first-order valence-electron chi connectivity index (χ1n) is 3.77. The van der Waals surface area contributed by atoms with Crippen LogP contribution in [0.4, 0.5) is 5.69 Å². The molecule has 15 heavy (non-hydrogen) atoms. The Morgan fingerprint density at radius 3 is 2.07 bits per heavy atom. The summed E-state index contributed by atoms with van der Waals surface area (Å²) in [6.45, 7) is 0. The summed E-state index contributed by atoms with van der Waals surface area (Å²) >= 11 is 2.20. The fraction of sp³-hybridized carbons (Fsp3) is 0. The number of hydrogen-bond donors (Lipinski definition) is 3. The number of aliphatic imine (C=N–C) groups is 2. The third-order valence-corrected chi connectivity index (χ3v) is 2.03. The highest BCUT2D eigenvalue weighted by molar-refractivity contribution is 14.1. The summed E-state index contributed by atoms with van der Waals surface area (Å²) in [5.74, 6) is -0.0528. The summed E-state index contributed by atoms with van der Waals surface area (Å²) < 4.78 is 1.13. The predicted octanol–water partition coefficient (Wildman–Crippen LogP) is -2.49. The van der Waals surface area contributed by atoms with E-state index in [2.05, 4.69) is 32.6 Å². The Morgan fingerprint density at radius 2 is 1.60 bits per heavy atom. The summed E-state index contributed by atoms with van der Waals surface area (Å²) in [4.78, 5) is 7.58. The van der Waals surface area contributed by atoms with E-state index in [0.717, 1.165) is 3.57 Å². The Kier molecular flexibility index (Phi) is 6.02. The Hall–Kier alpha value is -1.02. The number of halogens is 2. The molecule has 1 aromatic rings. The van der Waals surface area contributed by atoms with Crippen molar-refractivity contribution in [3.63, 3.8) is 0 Å². The highest BCUT2D eigenvalue weighted by atomic mass is 127. The molecule has 0 saturated heterocycles. The zero-order chi connectivity index (χ0) is 10.6. The molecule has 0 bridgehead atoms. The smallest absolute Gasteiger partial charge is 0.223 e. The molecule has 0 unspecified atom stereocenters. The van der Waals surface area contributed by atoms with E-state index in [4.69, 9.17) is 17.2 Å². The van der Waals surface area contributed by atoms with E-state index in [9.17, 15) is 0 Å². The molecule has 5 nitrogen and oxygen atoms in total. The number of rotatable bonds is 1.